The summed E-state index contributed by atoms with van der Waals surface area (Å²) in [5, 5.41) is 0. The van der Waals surface area contributed by atoms with Gasteiger partial charge in [-0.3, -0.25) is 14.4 Å². The summed E-state index contributed by atoms with van der Waals surface area (Å²) in [5.41, 5.74) is 0. The van der Waals surface area contributed by atoms with Crippen LogP contribution >= 0.6 is 0 Å². The topological polar surface area (TPSA) is 78.9 Å². The van der Waals surface area contributed by atoms with Crippen LogP contribution in [0.5, 0.6) is 0 Å². The molecule has 332 valence electrons. The first-order valence-corrected chi connectivity index (χ1v) is 24.9. The van der Waals surface area contributed by atoms with E-state index in [0.717, 1.165) is 63.7 Å². The number of hydrogen-bond acceptors (Lipinski definition) is 6. The van der Waals surface area contributed by atoms with Gasteiger partial charge in [0, 0.05) is 19.3 Å². The second-order valence-electron chi connectivity index (χ2n) is 17.3. The minimum Gasteiger partial charge on any atom is -0.462 e. The Morgan fingerprint density at radius 1 is 0.357 bits per heavy atom. The van der Waals surface area contributed by atoms with Gasteiger partial charge in [0.15, 0.2) is 6.10 Å². The fourth-order valence-corrected chi connectivity index (χ4v) is 7.48. The Hall–Kier alpha value is -1.59. The molecule has 0 heterocycles. The Kier molecular flexibility index (Phi) is 43.2. The molecule has 0 radical (unpaired) electrons. The van der Waals surface area contributed by atoms with Crippen molar-refractivity contribution in [2.24, 2.45) is 5.92 Å². The van der Waals surface area contributed by atoms with Crippen molar-refractivity contribution in [1.29, 1.82) is 0 Å². The van der Waals surface area contributed by atoms with Crippen LogP contribution in [0.4, 0.5) is 0 Å². The molecule has 0 amide bonds. The van der Waals surface area contributed by atoms with Gasteiger partial charge in [-0.25, -0.2) is 0 Å². The Bertz CT molecular complexity index is 843. The minimum atomic E-state index is -0.760. The predicted molar refractivity (Wildman–Crippen MR) is 238 cm³/mol. The van der Waals surface area contributed by atoms with Crippen LogP contribution in [0, 0.1) is 5.92 Å². The number of rotatable bonds is 45. The number of carbonyl (C=O) groups excluding carboxylic acids is 3. The highest BCUT2D eigenvalue weighted by molar-refractivity contribution is 5.71. The van der Waals surface area contributed by atoms with Crippen LogP contribution in [0.25, 0.3) is 0 Å². The molecule has 6 heteroatoms. The fraction of sp³-hybridized carbons (Fsp3) is 0.940. The lowest BCUT2D eigenvalue weighted by Crippen LogP contribution is -2.30. The molecule has 0 aliphatic carbocycles. The zero-order chi connectivity index (χ0) is 41.0. The van der Waals surface area contributed by atoms with Crippen LogP contribution in [0.15, 0.2) is 0 Å². The maximum atomic E-state index is 12.7. The number of carbonyl (C=O) groups is 3. The first-order chi connectivity index (χ1) is 27.4. The maximum absolute atomic E-state index is 12.7. The lowest BCUT2D eigenvalue weighted by molar-refractivity contribution is -0.167. The first kappa shape index (κ1) is 54.4. The van der Waals surface area contributed by atoms with Gasteiger partial charge in [0.25, 0.3) is 0 Å². The third kappa shape index (κ3) is 42.0. The summed E-state index contributed by atoms with van der Waals surface area (Å²) in [4.78, 5) is 37.8. The summed E-state index contributed by atoms with van der Waals surface area (Å²) in [5.74, 6) is -0.000278. The van der Waals surface area contributed by atoms with E-state index in [0.29, 0.717) is 19.3 Å². The lowest BCUT2D eigenvalue weighted by atomic mass is 9.99. The minimum absolute atomic E-state index is 0.0632. The Balaban J connectivity index is 4.33. The van der Waals surface area contributed by atoms with Crippen LogP contribution in [0.2, 0.25) is 0 Å². The maximum Gasteiger partial charge on any atom is 0.306 e. The molecule has 0 aromatic carbocycles. The molecule has 0 bridgehead atoms. The van der Waals surface area contributed by atoms with Crippen LogP contribution in [0.1, 0.15) is 278 Å². The van der Waals surface area contributed by atoms with E-state index in [4.69, 9.17) is 14.2 Å². The van der Waals surface area contributed by atoms with Gasteiger partial charge in [-0.1, -0.05) is 240 Å². The van der Waals surface area contributed by atoms with Crippen molar-refractivity contribution in [2.45, 2.75) is 284 Å². The molecule has 56 heavy (non-hydrogen) atoms. The van der Waals surface area contributed by atoms with E-state index in [-0.39, 0.29) is 31.1 Å². The summed E-state index contributed by atoms with van der Waals surface area (Å²) in [7, 11) is 0. The quantitative estimate of drug-likeness (QED) is 0.0347. The van der Waals surface area contributed by atoms with Crippen molar-refractivity contribution in [1.82, 2.24) is 0 Å². The zero-order valence-corrected chi connectivity index (χ0v) is 38.1. The van der Waals surface area contributed by atoms with Gasteiger partial charge in [0.2, 0.25) is 0 Å². The van der Waals surface area contributed by atoms with Crippen LogP contribution in [0.3, 0.4) is 0 Å². The Labute approximate surface area is 348 Å². The molecule has 0 aromatic rings. The van der Waals surface area contributed by atoms with Crippen molar-refractivity contribution in [3.8, 4) is 0 Å². The largest absolute Gasteiger partial charge is 0.462 e. The molecule has 0 saturated carbocycles. The number of unbranched alkanes of at least 4 members (excludes halogenated alkanes) is 31. The molecule has 0 aliphatic heterocycles. The molecule has 2 atom stereocenters. The van der Waals surface area contributed by atoms with Gasteiger partial charge in [0.05, 0.1) is 0 Å². The van der Waals surface area contributed by atoms with E-state index >= 15 is 0 Å². The van der Waals surface area contributed by atoms with E-state index in [2.05, 4.69) is 27.7 Å². The Morgan fingerprint density at radius 3 is 0.929 bits per heavy atom. The van der Waals surface area contributed by atoms with Crippen molar-refractivity contribution in [2.75, 3.05) is 13.2 Å². The summed E-state index contributed by atoms with van der Waals surface area (Å²) in [6.07, 6.45) is 45.0. The molecule has 6 nitrogen and oxygen atoms in total. The summed E-state index contributed by atoms with van der Waals surface area (Å²) in [6, 6.07) is 0. The molecule has 0 aromatic heterocycles. The summed E-state index contributed by atoms with van der Waals surface area (Å²) in [6.45, 7) is 9.02. The molecular formula is C50H96O6. The number of esters is 3. The van der Waals surface area contributed by atoms with Gasteiger partial charge in [-0.15, -0.1) is 0 Å². The van der Waals surface area contributed by atoms with Crippen LogP contribution in [-0.4, -0.2) is 37.2 Å². The van der Waals surface area contributed by atoms with Gasteiger partial charge in [-0.2, -0.15) is 0 Å². The number of hydrogen-bond donors (Lipinski definition) is 0. The third-order valence-corrected chi connectivity index (χ3v) is 11.7. The summed E-state index contributed by atoms with van der Waals surface area (Å²) < 4.78 is 16.8. The average Bonchev–Trinajstić information content (AvgIpc) is 3.19. The molecule has 1 unspecified atom stereocenters. The molecule has 0 rings (SSSR count). The van der Waals surface area contributed by atoms with Crippen molar-refractivity contribution in [3.63, 3.8) is 0 Å². The molecule has 0 fully saturated rings. The SMILES string of the molecule is CCCCCCCCCCCCCCCC(=O)OC[C@H](COC(=O)CCCCCCCCCCC(C)CC)OC(=O)CCCCCCCCCCCCCCC. The monoisotopic (exact) mass is 793 g/mol. The highest BCUT2D eigenvalue weighted by Gasteiger charge is 2.19. The van der Waals surface area contributed by atoms with E-state index in [1.54, 1.807) is 0 Å². The fourth-order valence-electron chi connectivity index (χ4n) is 7.48. The standard InChI is InChI=1S/C50H96O6/c1-5-8-10-12-14-16-18-20-22-24-29-33-37-41-48(51)54-44-47(45-55-49(52)42-38-34-30-27-26-28-32-36-40-46(4)7-3)56-50(53)43-39-35-31-25-23-21-19-17-15-13-11-9-6-2/h46-47H,5-45H2,1-4H3/t46?,47-/m1/s1. The van der Waals surface area contributed by atoms with E-state index in [1.807, 2.05) is 0 Å². The van der Waals surface area contributed by atoms with Gasteiger partial charge in [-0.05, 0) is 25.2 Å². The van der Waals surface area contributed by atoms with E-state index in [9.17, 15) is 14.4 Å². The van der Waals surface area contributed by atoms with Crippen molar-refractivity contribution >= 4 is 17.9 Å². The van der Waals surface area contributed by atoms with Crippen molar-refractivity contribution in [3.05, 3.63) is 0 Å². The average molecular weight is 793 g/mol. The second-order valence-corrected chi connectivity index (χ2v) is 17.3. The highest BCUT2D eigenvalue weighted by Crippen LogP contribution is 2.17. The van der Waals surface area contributed by atoms with E-state index in [1.165, 1.54) is 173 Å². The first-order valence-electron chi connectivity index (χ1n) is 24.9. The summed E-state index contributed by atoms with van der Waals surface area (Å²) >= 11 is 0. The predicted octanol–water partition coefficient (Wildman–Crippen LogP) is 15.9. The van der Waals surface area contributed by atoms with Gasteiger partial charge >= 0.3 is 17.9 Å². The second kappa shape index (κ2) is 44.5. The Morgan fingerprint density at radius 2 is 0.625 bits per heavy atom. The van der Waals surface area contributed by atoms with Gasteiger partial charge in [0.1, 0.15) is 13.2 Å². The lowest BCUT2D eigenvalue weighted by Gasteiger charge is -2.18. The zero-order valence-electron chi connectivity index (χ0n) is 38.1. The third-order valence-electron chi connectivity index (χ3n) is 11.7. The molecule has 0 saturated heterocycles. The van der Waals surface area contributed by atoms with Gasteiger partial charge < -0.3 is 14.2 Å². The molecule has 0 N–H and O–H groups in total. The normalized spacial score (nSPS) is 12.4. The molecule has 0 spiro atoms. The highest BCUT2D eigenvalue weighted by atomic mass is 16.6. The van der Waals surface area contributed by atoms with Crippen LogP contribution in [-0.2, 0) is 28.6 Å². The van der Waals surface area contributed by atoms with Crippen LogP contribution < -0.4 is 0 Å². The van der Waals surface area contributed by atoms with Crippen molar-refractivity contribution < 1.29 is 28.6 Å². The molecule has 0 aliphatic rings. The smallest absolute Gasteiger partial charge is 0.306 e. The number of ether oxygens (including phenoxy) is 3. The van der Waals surface area contributed by atoms with E-state index < -0.39 is 6.10 Å². The molecular weight excluding hydrogens is 697 g/mol.